The van der Waals surface area contributed by atoms with E-state index in [2.05, 4.69) is 24.0 Å². The third-order valence-corrected chi connectivity index (χ3v) is 4.73. The van der Waals surface area contributed by atoms with E-state index in [1.165, 1.54) is 0 Å². The first-order chi connectivity index (χ1) is 7.82. The van der Waals surface area contributed by atoms with Crippen LogP contribution in [0.3, 0.4) is 0 Å². The predicted molar refractivity (Wildman–Crippen MR) is 70.0 cm³/mol. The second kappa shape index (κ2) is 4.28. The lowest BCUT2D eigenvalue weighted by molar-refractivity contribution is 0.254. The van der Waals surface area contributed by atoms with Crippen LogP contribution < -0.4 is 5.73 Å². The lowest BCUT2D eigenvalue weighted by Gasteiger charge is -2.40. The van der Waals surface area contributed by atoms with Crippen molar-refractivity contribution in [2.24, 2.45) is 11.1 Å². The van der Waals surface area contributed by atoms with Crippen molar-refractivity contribution in [1.82, 2.24) is 10.1 Å². The number of hydrogen-bond acceptors (Lipinski definition) is 5. The molecule has 2 rings (SSSR count). The molecule has 1 fully saturated rings. The van der Waals surface area contributed by atoms with Crippen LogP contribution in [0.2, 0.25) is 0 Å². The van der Waals surface area contributed by atoms with Gasteiger partial charge in [-0.25, -0.2) is 0 Å². The topological polar surface area (TPSA) is 64.9 Å². The molecule has 1 aromatic rings. The monoisotopic (exact) mass is 255 g/mol. The smallest absolute Gasteiger partial charge is 0.229 e. The van der Waals surface area contributed by atoms with Crippen LogP contribution in [-0.2, 0) is 5.54 Å². The van der Waals surface area contributed by atoms with E-state index in [9.17, 15) is 0 Å². The maximum Gasteiger partial charge on any atom is 0.229 e. The van der Waals surface area contributed by atoms with Crippen LogP contribution in [0.15, 0.2) is 4.52 Å². The van der Waals surface area contributed by atoms with Gasteiger partial charge in [0.15, 0.2) is 5.82 Å². The lowest BCUT2D eigenvalue weighted by atomic mass is 9.80. The number of aromatic nitrogens is 2. The molecule has 1 saturated heterocycles. The summed E-state index contributed by atoms with van der Waals surface area (Å²) in [5.74, 6) is 3.61. The van der Waals surface area contributed by atoms with Crippen LogP contribution in [-0.4, -0.2) is 21.6 Å². The molecular weight excluding hydrogens is 234 g/mol. The van der Waals surface area contributed by atoms with Crippen molar-refractivity contribution in [2.75, 3.05) is 11.5 Å². The molecule has 17 heavy (non-hydrogen) atoms. The van der Waals surface area contributed by atoms with Crippen molar-refractivity contribution >= 4 is 11.8 Å². The van der Waals surface area contributed by atoms with Gasteiger partial charge < -0.3 is 10.3 Å². The second-order valence-corrected chi connectivity index (χ2v) is 7.09. The van der Waals surface area contributed by atoms with E-state index in [1.807, 2.05) is 25.6 Å². The third-order valence-electron chi connectivity index (χ3n) is 3.03. The zero-order chi connectivity index (χ0) is 12.7. The van der Waals surface area contributed by atoms with Crippen LogP contribution in [0.1, 0.15) is 51.7 Å². The van der Waals surface area contributed by atoms with Crippen LogP contribution in [0, 0.1) is 5.41 Å². The van der Waals surface area contributed by atoms with Gasteiger partial charge in [0.05, 0.1) is 5.54 Å². The molecule has 0 radical (unpaired) electrons. The van der Waals surface area contributed by atoms with Crippen LogP contribution in [0.5, 0.6) is 0 Å². The highest BCUT2D eigenvalue weighted by atomic mass is 32.2. The Morgan fingerprint density at radius 3 is 2.59 bits per heavy atom. The summed E-state index contributed by atoms with van der Waals surface area (Å²) in [6.07, 6.45) is 0.907. The molecule has 96 valence electrons. The molecule has 1 aromatic heterocycles. The van der Waals surface area contributed by atoms with Crippen LogP contribution in [0.25, 0.3) is 0 Å². The Labute approximate surface area is 107 Å². The quantitative estimate of drug-likeness (QED) is 0.879. The standard InChI is InChI=1S/C12H21N3OS/c1-8(2)9-14-10(15-16-9)12(13)5-11(3,4)6-17-7-12/h8H,5-7,13H2,1-4H3. The highest BCUT2D eigenvalue weighted by molar-refractivity contribution is 7.99. The van der Waals surface area contributed by atoms with Gasteiger partial charge in [0.2, 0.25) is 5.89 Å². The average molecular weight is 255 g/mol. The maximum atomic E-state index is 6.46. The molecule has 4 nitrogen and oxygen atoms in total. The molecular formula is C12H21N3OS. The maximum absolute atomic E-state index is 6.46. The van der Waals surface area contributed by atoms with Crippen LogP contribution >= 0.6 is 11.8 Å². The Bertz CT molecular complexity index is 402. The predicted octanol–water partition coefficient (Wildman–Crippen LogP) is 2.51. The first-order valence-corrected chi connectivity index (χ1v) is 7.19. The fourth-order valence-corrected chi connectivity index (χ4v) is 3.63. The van der Waals surface area contributed by atoms with Gasteiger partial charge in [0.1, 0.15) is 0 Å². The normalized spacial score (nSPS) is 28.6. The Hall–Kier alpha value is -0.550. The lowest BCUT2D eigenvalue weighted by Crippen LogP contribution is -2.48. The number of hydrogen-bond donors (Lipinski definition) is 1. The van der Waals surface area contributed by atoms with E-state index in [0.717, 1.165) is 17.9 Å². The highest BCUT2D eigenvalue weighted by Crippen LogP contribution is 2.42. The first-order valence-electron chi connectivity index (χ1n) is 6.03. The minimum atomic E-state index is -0.441. The van der Waals surface area contributed by atoms with E-state index >= 15 is 0 Å². The third kappa shape index (κ3) is 2.65. The molecule has 0 spiro atoms. The molecule has 1 aliphatic rings. The minimum absolute atomic E-state index is 0.232. The molecule has 0 aliphatic carbocycles. The number of nitrogens with two attached hydrogens (primary N) is 1. The molecule has 1 aliphatic heterocycles. The molecule has 2 heterocycles. The molecule has 0 bridgehead atoms. The summed E-state index contributed by atoms with van der Waals surface area (Å²) in [5, 5.41) is 4.07. The van der Waals surface area contributed by atoms with Crippen molar-refractivity contribution in [1.29, 1.82) is 0 Å². The van der Waals surface area contributed by atoms with Crippen molar-refractivity contribution in [2.45, 2.75) is 45.6 Å². The fourth-order valence-electron chi connectivity index (χ4n) is 2.28. The molecule has 1 unspecified atom stereocenters. The SMILES string of the molecule is CC(C)c1nc(C2(N)CSCC(C)(C)C2)no1. The summed E-state index contributed by atoms with van der Waals surface area (Å²) in [4.78, 5) is 4.45. The summed E-state index contributed by atoms with van der Waals surface area (Å²) in [6, 6.07) is 0. The summed E-state index contributed by atoms with van der Waals surface area (Å²) >= 11 is 1.87. The molecule has 5 heteroatoms. The number of rotatable bonds is 2. The van der Waals surface area contributed by atoms with Crippen molar-refractivity contribution in [3.05, 3.63) is 11.7 Å². The molecule has 0 saturated carbocycles. The Balaban J connectivity index is 2.24. The number of thioether (sulfide) groups is 1. The largest absolute Gasteiger partial charge is 0.339 e. The van der Waals surface area contributed by atoms with E-state index in [4.69, 9.17) is 10.3 Å². The zero-order valence-corrected chi connectivity index (χ0v) is 11.8. The Morgan fingerprint density at radius 1 is 1.35 bits per heavy atom. The Kier molecular flexibility index (Phi) is 3.25. The highest BCUT2D eigenvalue weighted by Gasteiger charge is 2.42. The van der Waals surface area contributed by atoms with Gasteiger partial charge >= 0.3 is 0 Å². The van der Waals surface area contributed by atoms with E-state index in [1.54, 1.807) is 0 Å². The second-order valence-electron chi connectivity index (χ2n) is 6.10. The van der Waals surface area contributed by atoms with Crippen molar-refractivity contribution in [3.63, 3.8) is 0 Å². The Morgan fingerprint density at radius 2 is 2.06 bits per heavy atom. The zero-order valence-electron chi connectivity index (χ0n) is 11.0. The van der Waals surface area contributed by atoms with Gasteiger partial charge in [-0.2, -0.15) is 16.7 Å². The van der Waals surface area contributed by atoms with Gasteiger partial charge in [0, 0.05) is 11.7 Å². The number of nitrogens with zero attached hydrogens (tertiary/aromatic N) is 2. The van der Waals surface area contributed by atoms with E-state index in [0.29, 0.717) is 11.7 Å². The van der Waals surface area contributed by atoms with Crippen LogP contribution in [0.4, 0.5) is 0 Å². The van der Waals surface area contributed by atoms with Gasteiger partial charge in [-0.15, -0.1) is 0 Å². The molecule has 2 N–H and O–H groups in total. The average Bonchev–Trinajstić information content (AvgIpc) is 2.64. The van der Waals surface area contributed by atoms with E-state index in [-0.39, 0.29) is 11.3 Å². The molecule has 0 aromatic carbocycles. The van der Waals surface area contributed by atoms with Gasteiger partial charge in [-0.1, -0.05) is 32.9 Å². The van der Waals surface area contributed by atoms with Gasteiger partial charge in [-0.05, 0) is 17.6 Å². The van der Waals surface area contributed by atoms with Crippen molar-refractivity contribution < 1.29 is 4.52 Å². The summed E-state index contributed by atoms with van der Waals surface area (Å²) in [7, 11) is 0. The molecule has 1 atom stereocenters. The summed E-state index contributed by atoms with van der Waals surface area (Å²) < 4.78 is 5.26. The fraction of sp³-hybridized carbons (Fsp3) is 0.833. The van der Waals surface area contributed by atoms with Gasteiger partial charge in [-0.3, -0.25) is 0 Å². The summed E-state index contributed by atoms with van der Waals surface area (Å²) in [6.45, 7) is 8.56. The van der Waals surface area contributed by atoms with E-state index < -0.39 is 5.54 Å². The summed E-state index contributed by atoms with van der Waals surface area (Å²) in [5.41, 5.74) is 6.25. The first kappa shape index (κ1) is 12.9. The van der Waals surface area contributed by atoms with Crippen molar-refractivity contribution in [3.8, 4) is 0 Å². The minimum Gasteiger partial charge on any atom is -0.339 e. The molecule has 0 amide bonds. The van der Waals surface area contributed by atoms with Gasteiger partial charge in [0.25, 0.3) is 0 Å².